The summed E-state index contributed by atoms with van der Waals surface area (Å²) in [5.41, 5.74) is 1.70. The molecule has 102 valence electrons. The molecule has 0 fully saturated rings. The Bertz CT molecular complexity index is 525. The predicted octanol–water partition coefficient (Wildman–Crippen LogP) is 5.20. The van der Waals surface area contributed by atoms with Crippen molar-refractivity contribution in [3.8, 4) is 0 Å². The number of thiophene rings is 1. The van der Waals surface area contributed by atoms with Gasteiger partial charge in [-0.2, -0.15) is 0 Å². The van der Waals surface area contributed by atoms with Crippen LogP contribution in [0.2, 0.25) is 0 Å². The Kier molecular flexibility index (Phi) is 4.99. The van der Waals surface area contributed by atoms with Crippen molar-refractivity contribution in [2.24, 2.45) is 0 Å². The summed E-state index contributed by atoms with van der Waals surface area (Å²) in [5.74, 6) is -0.151. The van der Waals surface area contributed by atoms with Crippen molar-refractivity contribution in [2.75, 3.05) is 4.90 Å². The molecular weight excluding hydrogens is 325 g/mol. The maximum atomic E-state index is 14.2. The van der Waals surface area contributed by atoms with E-state index in [2.05, 4.69) is 46.1 Å². The molecule has 2 rings (SSSR count). The lowest BCUT2D eigenvalue weighted by Gasteiger charge is -2.30. The number of para-hydroxylation sites is 1. The maximum absolute atomic E-state index is 14.2. The van der Waals surface area contributed by atoms with Gasteiger partial charge in [0, 0.05) is 16.2 Å². The third-order valence-electron chi connectivity index (χ3n) is 3.03. The lowest BCUT2D eigenvalue weighted by Crippen LogP contribution is -2.31. The van der Waals surface area contributed by atoms with Crippen LogP contribution in [0.3, 0.4) is 0 Å². The van der Waals surface area contributed by atoms with Crippen LogP contribution < -0.4 is 4.90 Å². The zero-order chi connectivity index (χ0) is 13.8. The van der Waals surface area contributed by atoms with Crippen LogP contribution in [-0.2, 0) is 11.9 Å². The zero-order valence-electron chi connectivity index (χ0n) is 11.1. The fourth-order valence-electron chi connectivity index (χ4n) is 2.08. The zero-order valence-corrected chi connectivity index (χ0v) is 13.5. The number of nitrogens with zero attached hydrogens (tertiary/aromatic N) is 1. The van der Waals surface area contributed by atoms with Gasteiger partial charge in [0.2, 0.25) is 0 Å². The Balaban J connectivity index is 2.39. The Morgan fingerprint density at radius 1 is 1.26 bits per heavy atom. The summed E-state index contributed by atoms with van der Waals surface area (Å²) in [7, 11) is 0. The number of hydrogen-bond acceptors (Lipinski definition) is 2. The molecule has 2 aromatic rings. The van der Waals surface area contributed by atoms with Crippen LogP contribution >= 0.6 is 27.3 Å². The van der Waals surface area contributed by atoms with Crippen molar-refractivity contribution in [1.29, 1.82) is 0 Å². The van der Waals surface area contributed by atoms with Gasteiger partial charge in [-0.1, -0.05) is 34.1 Å². The van der Waals surface area contributed by atoms with Gasteiger partial charge in [0.25, 0.3) is 0 Å². The highest BCUT2D eigenvalue weighted by Gasteiger charge is 2.18. The standard InChI is InChI=1S/C15H17BrFNS/c1-11(2)18(10-13-6-4-8-19-13)15-12(9-16)5-3-7-14(15)17/h3-8,11H,9-10H2,1-2H3. The number of halogens is 2. The monoisotopic (exact) mass is 341 g/mol. The molecule has 4 heteroatoms. The molecule has 1 aromatic heterocycles. The van der Waals surface area contributed by atoms with Crippen molar-refractivity contribution in [3.05, 3.63) is 52.0 Å². The highest BCUT2D eigenvalue weighted by atomic mass is 79.9. The van der Waals surface area contributed by atoms with Crippen LogP contribution in [0.25, 0.3) is 0 Å². The van der Waals surface area contributed by atoms with Crippen LogP contribution in [0.15, 0.2) is 35.7 Å². The molecule has 0 amide bonds. The lowest BCUT2D eigenvalue weighted by atomic mass is 10.1. The van der Waals surface area contributed by atoms with E-state index in [1.165, 1.54) is 10.9 Å². The SMILES string of the molecule is CC(C)N(Cc1cccs1)c1c(F)cccc1CBr. The normalized spacial score (nSPS) is 11.0. The van der Waals surface area contributed by atoms with E-state index in [1.54, 1.807) is 17.4 Å². The summed E-state index contributed by atoms with van der Waals surface area (Å²) in [6, 6.07) is 9.64. The van der Waals surface area contributed by atoms with Gasteiger partial charge < -0.3 is 4.90 Å². The summed E-state index contributed by atoms with van der Waals surface area (Å²) in [4.78, 5) is 3.37. The second-order valence-electron chi connectivity index (χ2n) is 4.68. The molecular formula is C15H17BrFNS. The van der Waals surface area contributed by atoms with Crippen molar-refractivity contribution in [1.82, 2.24) is 0 Å². The number of rotatable bonds is 5. The van der Waals surface area contributed by atoms with E-state index in [0.29, 0.717) is 11.0 Å². The number of anilines is 1. The molecule has 1 aromatic carbocycles. The van der Waals surface area contributed by atoms with Gasteiger partial charge in [0.1, 0.15) is 5.82 Å². The van der Waals surface area contributed by atoms with Crippen LogP contribution in [-0.4, -0.2) is 6.04 Å². The molecule has 0 saturated heterocycles. The Morgan fingerprint density at radius 2 is 2.05 bits per heavy atom. The van der Waals surface area contributed by atoms with E-state index in [0.717, 1.165) is 12.1 Å². The summed E-state index contributed by atoms with van der Waals surface area (Å²) in [6.45, 7) is 4.94. The van der Waals surface area contributed by atoms with E-state index in [-0.39, 0.29) is 11.9 Å². The molecule has 0 atom stereocenters. The third-order valence-corrected chi connectivity index (χ3v) is 4.50. The first-order chi connectivity index (χ1) is 9.13. The van der Waals surface area contributed by atoms with Gasteiger partial charge in [-0.25, -0.2) is 4.39 Å². The molecule has 0 radical (unpaired) electrons. The molecule has 0 bridgehead atoms. The van der Waals surface area contributed by atoms with Gasteiger partial charge in [-0.3, -0.25) is 0 Å². The summed E-state index contributed by atoms with van der Waals surface area (Å²) < 4.78 is 14.2. The molecule has 1 nitrogen and oxygen atoms in total. The fourth-order valence-corrected chi connectivity index (χ4v) is 3.23. The van der Waals surface area contributed by atoms with E-state index in [1.807, 2.05) is 12.1 Å². The molecule has 19 heavy (non-hydrogen) atoms. The molecule has 1 heterocycles. The minimum atomic E-state index is -0.151. The molecule has 0 unspecified atom stereocenters. The van der Waals surface area contributed by atoms with E-state index >= 15 is 0 Å². The summed E-state index contributed by atoms with van der Waals surface area (Å²) >= 11 is 5.15. The smallest absolute Gasteiger partial charge is 0.146 e. The first-order valence-corrected chi connectivity index (χ1v) is 8.26. The number of benzene rings is 1. The van der Waals surface area contributed by atoms with Crippen molar-refractivity contribution in [2.45, 2.75) is 31.8 Å². The van der Waals surface area contributed by atoms with Crippen LogP contribution in [0.4, 0.5) is 10.1 Å². The molecule has 0 saturated carbocycles. The van der Waals surface area contributed by atoms with E-state index in [9.17, 15) is 4.39 Å². The molecule has 0 N–H and O–H groups in total. The molecule has 0 spiro atoms. The van der Waals surface area contributed by atoms with Crippen LogP contribution in [0, 0.1) is 5.82 Å². The number of hydrogen-bond donors (Lipinski definition) is 0. The third kappa shape index (κ3) is 3.37. The molecule has 0 aliphatic rings. The van der Waals surface area contributed by atoms with E-state index < -0.39 is 0 Å². The van der Waals surface area contributed by atoms with Gasteiger partial charge in [0.15, 0.2) is 0 Å². The summed E-state index contributed by atoms with van der Waals surface area (Å²) in [6.07, 6.45) is 0. The largest absolute Gasteiger partial charge is 0.361 e. The quantitative estimate of drug-likeness (QED) is 0.676. The maximum Gasteiger partial charge on any atom is 0.146 e. The van der Waals surface area contributed by atoms with Crippen LogP contribution in [0.5, 0.6) is 0 Å². The number of alkyl halides is 1. The summed E-state index contributed by atoms with van der Waals surface area (Å²) in [5, 5.41) is 2.72. The first-order valence-electron chi connectivity index (χ1n) is 6.26. The second kappa shape index (κ2) is 6.53. The first kappa shape index (κ1) is 14.5. The van der Waals surface area contributed by atoms with Crippen LogP contribution in [0.1, 0.15) is 24.3 Å². The van der Waals surface area contributed by atoms with Gasteiger partial charge in [0.05, 0.1) is 12.2 Å². The Morgan fingerprint density at radius 3 is 2.63 bits per heavy atom. The van der Waals surface area contributed by atoms with Crippen molar-refractivity contribution < 1.29 is 4.39 Å². The minimum absolute atomic E-state index is 0.151. The molecule has 0 aliphatic heterocycles. The fraction of sp³-hybridized carbons (Fsp3) is 0.333. The van der Waals surface area contributed by atoms with Gasteiger partial charge >= 0.3 is 0 Å². The van der Waals surface area contributed by atoms with Crippen molar-refractivity contribution >= 4 is 33.0 Å². The Hall–Kier alpha value is -0.870. The highest BCUT2D eigenvalue weighted by Crippen LogP contribution is 2.30. The van der Waals surface area contributed by atoms with Gasteiger partial charge in [-0.15, -0.1) is 11.3 Å². The Labute approximate surface area is 126 Å². The molecule has 0 aliphatic carbocycles. The highest BCUT2D eigenvalue weighted by molar-refractivity contribution is 9.08. The van der Waals surface area contributed by atoms with Gasteiger partial charge in [-0.05, 0) is 36.9 Å². The second-order valence-corrected chi connectivity index (χ2v) is 6.28. The minimum Gasteiger partial charge on any atom is -0.361 e. The van der Waals surface area contributed by atoms with Crippen molar-refractivity contribution in [3.63, 3.8) is 0 Å². The average molecular weight is 342 g/mol. The van der Waals surface area contributed by atoms with E-state index in [4.69, 9.17) is 0 Å². The average Bonchev–Trinajstić information content (AvgIpc) is 2.89. The predicted molar refractivity (Wildman–Crippen MR) is 84.7 cm³/mol. The lowest BCUT2D eigenvalue weighted by molar-refractivity contribution is 0.597. The topological polar surface area (TPSA) is 3.24 Å².